The molecule has 0 aliphatic heterocycles. The Kier molecular flexibility index (Phi) is 2.16. The Hall–Kier alpha value is -1.45. The fraction of sp³-hybridized carbons (Fsp3) is 0.583. The number of carboxylic acid groups (broad SMARTS) is 1. The van der Waals surface area contributed by atoms with E-state index in [1.165, 1.54) is 0 Å². The molecule has 1 fully saturated rings. The smallest absolute Gasteiger partial charge is 0.312 e. The summed E-state index contributed by atoms with van der Waals surface area (Å²) >= 11 is 0. The first-order valence-corrected chi connectivity index (χ1v) is 5.84. The Labute approximate surface area is 93.7 Å². The second-order valence-corrected chi connectivity index (χ2v) is 4.70. The highest BCUT2D eigenvalue weighted by Crippen LogP contribution is 2.39. The van der Waals surface area contributed by atoms with Crippen LogP contribution in [0.15, 0.2) is 6.20 Å². The predicted octanol–water partition coefficient (Wildman–Crippen LogP) is 1.86. The monoisotopic (exact) mass is 218 g/mol. The lowest BCUT2D eigenvalue weighted by Crippen LogP contribution is -2.20. The van der Waals surface area contributed by atoms with E-state index in [2.05, 4.69) is 9.97 Å². The van der Waals surface area contributed by atoms with Crippen molar-refractivity contribution in [3.8, 4) is 0 Å². The van der Waals surface area contributed by atoms with Gasteiger partial charge in [0.15, 0.2) is 0 Å². The molecule has 1 unspecified atom stereocenters. The van der Waals surface area contributed by atoms with Crippen LogP contribution in [0.5, 0.6) is 0 Å². The Balaban J connectivity index is 2.02. The van der Waals surface area contributed by atoms with E-state index in [0.29, 0.717) is 12.3 Å². The average molecular weight is 218 g/mol. The number of aromatic nitrogens is 2. The van der Waals surface area contributed by atoms with Gasteiger partial charge in [-0.05, 0) is 37.7 Å². The van der Waals surface area contributed by atoms with Gasteiger partial charge in [-0.3, -0.25) is 4.79 Å². The molecule has 16 heavy (non-hydrogen) atoms. The Bertz CT molecular complexity index is 441. The van der Waals surface area contributed by atoms with Crippen LogP contribution in [0.1, 0.15) is 54.6 Å². The number of hydrogen-bond donors (Lipinski definition) is 1. The number of carbonyl (C=O) groups is 1. The fourth-order valence-corrected chi connectivity index (χ4v) is 2.34. The number of carboxylic acids is 1. The highest BCUT2D eigenvalue weighted by atomic mass is 16.4. The molecule has 1 aromatic rings. The third-order valence-corrected chi connectivity index (χ3v) is 3.43. The van der Waals surface area contributed by atoms with E-state index in [0.717, 1.165) is 42.8 Å². The zero-order chi connectivity index (χ0) is 11.1. The van der Waals surface area contributed by atoms with E-state index in [9.17, 15) is 4.79 Å². The summed E-state index contributed by atoms with van der Waals surface area (Å²) in [4.78, 5) is 20.0. The summed E-state index contributed by atoms with van der Waals surface area (Å²) in [5.41, 5.74) is 1.80. The molecular formula is C12H14N2O2. The highest BCUT2D eigenvalue weighted by molar-refractivity contribution is 5.76. The molecule has 0 spiro atoms. The van der Waals surface area contributed by atoms with Gasteiger partial charge in [0.1, 0.15) is 5.82 Å². The molecule has 0 saturated heterocycles. The standard InChI is InChI=1S/C12H14N2O2/c15-12(16)9-3-1-2-8-6-13-11(7-4-5-7)14-10(8)9/h6-7,9H,1-5H2,(H,15,16). The average Bonchev–Trinajstić information content (AvgIpc) is 3.11. The van der Waals surface area contributed by atoms with Crippen molar-refractivity contribution in [2.45, 2.75) is 43.9 Å². The van der Waals surface area contributed by atoms with Gasteiger partial charge in [0, 0.05) is 12.1 Å². The summed E-state index contributed by atoms with van der Waals surface area (Å²) in [5.74, 6) is 0.180. The van der Waals surface area contributed by atoms with Gasteiger partial charge in [0.2, 0.25) is 0 Å². The molecule has 0 radical (unpaired) electrons. The zero-order valence-electron chi connectivity index (χ0n) is 9.02. The molecule has 84 valence electrons. The Morgan fingerprint density at radius 1 is 1.38 bits per heavy atom. The summed E-state index contributed by atoms with van der Waals surface area (Å²) in [5, 5.41) is 9.17. The Morgan fingerprint density at radius 3 is 2.88 bits per heavy atom. The van der Waals surface area contributed by atoms with Gasteiger partial charge in [-0.1, -0.05) is 0 Å². The van der Waals surface area contributed by atoms with Crippen LogP contribution < -0.4 is 0 Å². The van der Waals surface area contributed by atoms with Crippen LogP contribution in [0.2, 0.25) is 0 Å². The lowest BCUT2D eigenvalue weighted by Gasteiger charge is -2.21. The maximum absolute atomic E-state index is 11.2. The Morgan fingerprint density at radius 2 is 2.19 bits per heavy atom. The molecule has 4 nitrogen and oxygen atoms in total. The lowest BCUT2D eigenvalue weighted by atomic mass is 9.87. The minimum atomic E-state index is -0.749. The fourth-order valence-electron chi connectivity index (χ4n) is 2.34. The second-order valence-electron chi connectivity index (χ2n) is 4.70. The molecule has 1 heterocycles. The van der Waals surface area contributed by atoms with Crippen molar-refractivity contribution < 1.29 is 9.90 Å². The second kappa shape index (κ2) is 3.54. The molecule has 1 N–H and O–H groups in total. The lowest BCUT2D eigenvalue weighted by molar-refractivity contribution is -0.139. The van der Waals surface area contributed by atoms with E-state index in [1.54, 1.807) is 0 Å². The van der Waals surface area contributed by atoms with E-state index in [4.69, 9.17) is 5.11 Å². The molecule has 2 aliphatic rings. The molecule has 1 saturated carbocycles. The number of rotatable bonds is 2. The molecule has 0 bridgehead atoms. The van der Waals surface area contributed by atoms with Gasteiger partial charge in [-0.25, -0.2) is 9.97 Å². The van der Waals surface area contributed by atoms with Gasteiger partial charge in [0.05, 0.1) is 11.6 Å². The van der Waals surface area contributed by atoms with Gasteiger partial charge in [-0.2, -0.15) is 0 Å². The molecule has 0 amide bonds. The first-order valence-electron chi connectivity index (χ1n) is 5.84. The van der Waals surface area contributed by atoms with E-state index in [1.807, 2.05) is 6.20 Å². The van der Waals surface area contributed by atoms with Crippen molar-refractivity contribution in [2.75, 3.05) is 0 Å². The van der Waals surface area contributed by atoms with Crippen molar-refractivity contribution in [3.05, 3.63) is 23.3 Å². The minimum absolute atomic E-state index is 0.413. The van der Waals surface area contributed by atoms with Crippen LogP contribution >= 0.6 is 0 Å². The summed E-state index contributed by atoms with van der Waals surface area (Å²) in [7, 11) is 0. The highest BCUT2D eigenvalue weighted by Gasteiger charge is 2.32. The number of aryl methyl sites for hydroxylation is 1. The maximum atomic E-state index is 11.2. The molecular weight excluding hydrogens is 204 g/mol. The zero-order valence-corrected chi connectivity index (χ0v) is 9.02. The SMILES string of the molecule is O=C(O)C1CCCc2cnc(C3CC3)nc21. The topological polar surface area (TPSA) is 63.1 Å². The third-order valence-electron chi connectivity index (χ3n) is 3.43. The first kappa shape index (κ1) is 9.75. The van der Waals surface area contributed by atoms with E-state index >= 15 is 0 Å². The van der Waals surface area contributed by atoms with Crippen LogP contribution in [0.25, 0.3) is 0 Å². The summed E-state index contributed by atoms with van der Waals surface area (Å²) in [6.45, 7) is 0. The summed E-state index contributed by atoms with van der Waals surface area (Å²) in [6.07, 6.45) is 6.70. The summed E-state index contributed by atoms with van der Waals surface area (Å²) in [6, 6.07) is 0. The molecule has 4 heteroatoms. The largest absolute Gasteiger partial charge is 0.481 e. The number of nitrogens with zero attached hydrogens (tertiary/aromatic N) is 2. The van der Waals surface area contributed by atoms with Crippen LogP contribution in [-0.2, 0) is 11.2 Å². The van der Waals surface area contributed by atoms with Crippen LogP contribution in [0, 0.1) is 0 Å². The maximum Gasteiger partial charge on any atom is 0.312 e. The molecule has 3 rings (SSSR count). The van der Waals surface area contributed by atoms with Gasteiger partial charge >= 0.3 is 5.97 Å². The van der Waals surface area contributed by atoms with Gasteiger partial charge < -0.3 is 5.11 Å². The third kappa shape index (κ3) is 1.58. The van der Waals surface area contributed by atoms with E-state index < -0.39 is 11.9 Å². The van der Waals surface area contributed by atoms with E-state index in [-0.39, 0.29) is 0 Å². The molecule has 1 aromatic heterocycles. The number of hydrogen-bond acceptors (Lipinski definition) is 3. The quantitative estimate of drug-likeness (QED) is 0.822. The molecule has 0 aromatic carbocycles. The molecule has 2 aliphatic carbocycles. The van der Waals surface area contributed by atoms with Crippen molar-refractivity contribution >= 4 is 5.97 Å². The van der Waals surface area contributed by atoms with Crippen LogP contribution in [-0.4, -0.2) is 21.0 Å². The summed E-state index contributed by atoms with van der Waals surface area (Å²) < 4.78 is 0. The first-order chi connectivity index (χ1) is 7.75. The van der Waals surface area contributed by atoms with Crippen molar-refractivity contribution in [3.63, 3.8) is 0 Å². The number of fused-ring (bicyclic) bond motifs is 1. The minimum Gasteiger partial charge on any atom is -0.481 e. The predicted molar refractivity (Wildman–Crippen MR) is 57.3 cm³/mol. The van der Waals surface area contributed by atoms with Gasteiger partial charge in [-0.15, -0.1) is 0 Å². The van der Waals surface area contributed by atoms with Crippen LogP contribution in [0.3, 0.4) is 0 Å². The normalized spacial score (nSPS) is 23.9. The van der Waals surface area contributed by atoms with Crippen LogP contribution in [0.4, 0.5) is 0 Å². The van der Waals surface area contributed by atoms with Crippen molar-refractivity contribution in [1.29, 1.82) is 0 Å². The number of aliphatic carboxylic acids is 1. The molecule has 1 atom stereocenters. The van der Waals surface area contributed by atoms with Crippen molar-refractivity contribution in [1.82, 2.24) is 9.97 Å². The van der Waals surface area contributed by atoms with Crippen molar-refractivity contribution in [2.24, 2.45) is 0 Å². The van der Waals surface area contributed by atoms with Gasteiger partial charge in [0.25, 0.3) is 0 Å².